The normalized spacial score (nSPS) is 30.6. The van der Waals surface area contributed by atoms with E-state index in [0.29, 0.717) is 51.9 Å². The highest BCUT2D eigenvalue weighted by Gasteiger charge is 2.65. The Morgan fingerprint density at radius 2 is 1.16 bits per heavy atom. The second-order valence-electron chi connectivity index (χ2n) is 34.2. The lowest BCUT2D eigenvalue weighted by molar-refractivity contribution is -0.254. The molecule has 0 radical (unpaired) electrons. The fourth-order valence-corrected chi connectivity index (χ4v) is 27.5. The lowest BCUT2D eigenvalue weighted by Gasteiger charge is -2.53. The molecule has 546 valence electrons. The van der Waals surface area contributed by atoms with Crippen LogP contribution >= 0.6 is 0 Å². The molecule has 6 saturated heterocycles. The van der Waals surface area contributed by atoms with Gasteiger partial charge in [-0.3, -0.25) is 4.79 Å². The molecule has 0 spiro atoms. The Morgan fingerprint density at radius 1 is 0.600 bits per heavy atom. The fraction of sp³-hybridized carbons (Fsp3) is 0.593. The topological polar surface area (TPSA) is 109 Å². The third-order valence-electron chi connectivity index (χ3n) is 23.7. The maximum atomic E-state index is 15.5. The van der Waals surface area contributed by atoms with Crippen LogP contribution in [0.15, 0.2) is 183 Å². The Kier molecular flexibility index (Phi) is 26.0. The van der Waals surface area contributed by atoms with Crippen LogP contribution in [0.1, 0.15) is 161 Å². The first-order chi connectivity index (χ1) is 47.5. The van der Waals surface area contributed by atoms with Gasteiger partial charge in [0, 0.05) is 32.3 Å². The number of ether oxygens (including phenoxy) is 7. The van der Waals surface area contributed by atoms with E-state index >= 15 is 4.79 Å². The molecule has 19 atom stereocenters. The molecule has 100 heavy (non-hydrogen) atoms. The van der Waals surface area contributed by atoms with Crippen molar-refractivity contribution in [3.8, 4) is 0 Å². The average molecular weight is 1420 g/mol. The molecule has 4 unspecified atom stereocenters. The molecule has 0 bridgehead atoms. The van der Waals surface area contributed by atoms with E-state index in [4.69, 9.17) is 53.0 Å². The van der Waals surface area contributed by atoms with E-state index in [2.05, 4.69) is 250 Å². The van der Waals surface area contributed by atoms with Crippen molar-refractivity contribution in [2.75, 3.05) is 19.8 Å². The van der Waals surface area contributed by atoms with Crippen molar-refractivity contribution in [2.24, 2.45) is 29.6 Å². The number of carbonyl (C=O) groups is 1. The van der Waals surface area contributed by atoms with Crippen molar-refractivity contribution in [1.29, 1.82) is 0 Å². The molecule has 4 aromatic rings. The van der Waals surface area contributed by atoms with Gasteiger partial charge in [0.25, 0.3) is 16.6 Å². The molecule has 6 aliphatic rings. The molecule has 6 heterocycles. The largest absolute Gasteiger partial charge is 0.417 e. The fourth-order valence-electron chi connectivity index (χ4n) is 17.0. The maximum absolute atomic E-state index is 15.5. The molecule has 4 aromatic carbocycles. The molecule has 0 N–H and O–H groups in total. The highest BCUT2D eigenvalue weighted by molar-refractivity contribution is 7.00. The molecule has 0 aromatic heterocycles. The zero-order valence-corrected chi connectivity index (χ0v) is 66.5. The number of allylic oxidation sites excluding steroid dienone is 1. The van der Waals surface area contributed by atoms with Crippen molar-refractivity contribution in [2.45, 2.75) is 274 Å². The van der Waals surface area contributed by atoms with Crippen LogP contribution in [-0.4, -0.2) is 136 Å². The zero-order valence-electron chi connectivity index (χ0n) is 63.5. The minimum atomic E-state index is -3.31. The Bertz CT molecular complexity index is 3260. The third kappa shape index (κ3) is 17.6. The van der Waals surface area contributed by atoms with Crippen LogP contribution in [0.25, 0.3) is 0 Å². The molecule has 10 rings (SSSR count). The van der Waals surface area contributed by atoms with Crippen LogP contribution < -0.4 is 20.7 Å². The molecular weight excluding hydrogens is 1290 g/mol. The van der Waals surface area contributed by atoms with Gasteiger partial charge in [-0.1, -0.05) is 249 Å². The van der Waals surface area contributed by atoms with Gasteiger partial charge >= 0.3 is 0 Å². The first-order valence-corrected chi connectivity index (χ1v) is 44.7. The summed E-state index contributed by atoms with van der Waals surface area (Å²) in [4.78, 5) is 15.5. The van der Waals surface area contributed by atoms with E-state index in [9.17, 15) is 0 Å². The lowest BCUT2D eigenvalue weighted by Crippen LogP contribution is -2.73. The quantitative estimate of drug-likeness (QED) is 0.0283. The number of fused-ring (bicyclic) bond motifs is 2. The van der Waals surface area contributed by atoms with Gasteiger partial charge in [0.05, 0.1) is 68.1 Å². The minimum absolute atomic E-state index is 0.0108. The number of ketones is 1. The highest BCUT2D eigenvalue weighted by atomic mass is 28.4. The summed E-state index contributed by atoms with van der Waals surface area (Å²) in [6.07, 6.45) is 11.1. The van der Waals surface area contributed by atoms with Gasteiger partial charge in [-0.25, -0.2) is 0 Å². The molecular formula is C86H124O11Si3. The summed E-state index contributed by atoms with van der Waals surface area (Å²) in [6.45, 7) is 53.6. The number of benzene rings is 4. The van der Waals surface area contributed by atoms with Gasteiger partial charge in [0.15, 0.2) is 8.32 Å². The number of Topliss-reactive ketones (excluding diaryl/α,β-unsaturated/α-hetero) is 1. The number of hydrogen-bond donors (Lipinski definition) is 0. The van der Waals surface area contributed by atoms with Crippen LogP contribution in [-0.2, 0) is 51.2 Å². The monoisotopic (exact) mass is 1420 g/mol. The van der Waals surface area contributed by atoms with Crippen LogP contribution in [0.3, 0.4) is 0 Å². The maximum Gasteiger partial charge on any atom is 0.261 e. The van der Waals surface area contributed by atoms with E-state index < -0.39 is 55.5 Å². The van der Waals surface area contributed by atoms with Gasteiger partial charge in [0.2, 0.25) is 0 Å². The molecule has 6 aliphatic heterocycles. The third-order valence-corrected chi connectivity index (χ3v) is 38.3. The van der Waals surface area contributed by atoms with Gasteiger partial charge in [-0.05, 0) is 135 Å². The number of hydrogen-bond acceptors (Lipinski definition) is 11. The molecule has 11 nitrogen and oxygen atoms in total. The summed E-state index contributed by atoms with van der Waals surface area (Å²) in [5.74, 6) is 0.879. The smallest absolute Gasteiger partial charge is 0.261 e. The Labute approximate surface area is 606 Å². The van der Waals surface area contributed by atoms with E-state index in [1.165, 1.54) is 20.7 Å². The van der Waals surface area contributed by atoms with E-state index in [0.717, 1.165) is 43.3 Å². The van der Waals surface area contributed by atoms with Gasteiger partial charge in [0.1, 0.15) is 36.3 Å². The summed E-state index contributed by atoms with van der Waals surface area (Å²) in [7, 11) is -8.50. The van der Waals surface area contributed by atoms with E-state index in [-0.39, 0.29) is 112 Å². The SMILES string of the molecule is C=CCOC/C=C/[C@H]1CC(=C)C(CC[C@H]2C[C@@H](C)C(=C)C(C[C@@H]3O[C@H](C[C@H](C)CO[Si](C)(C)C(C)(C)C)[C@H](C)C3CC(=O)C[C@H]3CC[C@@H]4O[C@@H]5[C@@H](O[C@H](CC(C)C=C)[C@@H]5O[Si](c5ccccc5)(c5ccccc5)C(C)(C)C)[C@@H](O[Si](c5ccccc5)(c5ccccc5)C(C)(C)C)[C@H]4O3)O2)O1. The van der Waals surface area contributed by atoms with Crippen molar-refractivity contribution in [1.82, 2.24) is 0 Å². The summed E-state index contributed by atoms with van der Waals surface area (Å²) in [5.41, 5.74) is 2.23. The van der Waals surface area contributed by atoms with Crippen molar-refractivity contribution >= 4 is 51.5 Å². The van der Waals surface area contributed by atoms with Crippen molar-refractivity contribution in [3.63, 3.8) is 0 Å². The predicted molar refractivity (Wildman–Crippen MR) is 415 cm³/mol. The Balaban J connectivity index is 0.946. The molecule has 0 amide bonds. The predicted octanol–water partition coefficient (Wildman–Crippen LogP) is 16.6. The molecule has 6 fully saturated rings. The average Bonchev–Trinajstić information content (AvgIpc) is 1.33. The number of rotatable bonds is 30. The number of carbonyl (C=O) groups excluding carboxylic acids is 1. The Hall–Kier alpha value is -4.50. The summed E-state index contributed by atoms with van der Waals surface area (Å²) >= 11 is 0. The Morgan fingerprint density at radius 3 is 1.70 bits per heavy atom. The minimum Gasteiger partial charge on any atom is -0.417 e. The van der Waals surface area contributed by atoms with E-state index in [1.54, 1.807) is 6.08 Å². The van der Waals surface area contributed by atoms with Gasteiger partial charge in [-0.15, -0.1) is 13.2 Å². The standard InChI is InChI=1S/C86H124O11Si3/c1-20-48-88-49-34-35-65-53-61(6)73(90-65)46-44-66-52-60(5)62(7)76(91-66)56-77-72(63(8)75(93-77)51-59(4)57-89-98(18,19)84(9,10)11)55-64(87)54-67-45-47-74-79(92-67)83(97-100(86(15,16)17,70-40-30-24-31-41-70)71-42-32-25-33-43-71)82-81(94-74)80(78(95-82)50-58(3)21-2)96-99(85(12,13)14,68-36-26-22-27-37-68)69-38-28-23-29-39-69/h20-43,58-60,63,65-67,72-83H,1-2,6-7,44-57H2,3-5,8-19H3/b35-34+/t58?,59-,60+,63+,65-,66-,67+,72?,73?,74-,75+,76?,77-,78+,79-,80-,81-,82+,83-/m0/s1. The van der Waals surface area contributed by atoms with Crippen molar-refractivity contribution < 1.29 is 51.2 Å². The van der Waals surface area contributed by atoms with Gasteiger partial charge < -0.3 is 46.4 Å². The summed E-state index contributed by atoms with van der Waals surface area (Å²) < 4.78 is 73.3. The van der Waals surface area contributed by atoms with E-state index in [1.807, 2.05) is 12.2 Å². The van der Waals surface area contributed by atoms with Crippen LogP contribution in [0.4, 0.5) is 0 Å². The second-order valence-corrected chi connectivity index (χ2v) is 47.5. The lowest BCUT2D eigenvalue weighted by atomic mass is 9.78. The molecule has 14 heteroatoms. The van der Waals surface area contributed by atoms with Gasteiger partial charge in [-0.2, -0.15) is 0 Å². The van der Waals surface area contributed by atoms with Crippen LogP contribution in [0.2, 0.25) is 28.2 Å². The first kappa shape index (κ1) is 78.1. The molecule has 0 saturated carbocycles. The van der Waals surface area contributed by atoms with Crippen LogP contribution in [0, 0.1) is 29.6 Å². The second kappa shape index (κ2) is 33.3. The highest BCUT2D eigenvalue weighted by Crippen LogP contribution is 2.50. The zero-order chi connectivity index (χ0) is 72.0. The summed E-state index contributed by atoms with van der Waals surface area (Å²) in [6, 6.07) is 43.6. The first-order valence-electron chi connectivity index (χ1n) is 38.0. The summed E-state index contributed by atoms with van der Waals surface area (Å²) in [5, 5.41) is 4.16. The van der Waals surface area contributed by atoms with Crippen LogP contribution in [0.5, 0.6) is 0 Å². The molecule has 0 aliphatic carbocycles. The van der Waals surface area contributed by atoms with Crippen molar-refractivity contribution in [3.05, 3.63) is 183 Å².